The van der Waals surface area contributed by atoms with E-state index in [-0.39, 0.29) is 17.7 Å². The number of fused-ring (bicyclic) bond motifs is 2. The van der Waals surface area contributed by atoms with Crippen LogP contribution in [0, 0.1) is 0 Å². The molecule has 0 spiro atoms. The number of aromatic nitrogens is 5. The Morgan fingerprint density at radius 3 is 2.84 bits per heavy atom. The number of methoxy groups -OCH3 is 1. The Morgan fingerprint density at radius 1 is 1.11 bits per heavy atom. The standard InChI is InChI=1S/C34H38N6O5/c1-43-14-12-40-29-15-23(7-8-24(29)18-37-40)21-45-31-6-4-10-35-33(31)28-5-2-3-11-38(28)19-26-16-25(34(41)42)17-30-32(26)36-22-39(30)20-27-9-13-44-27/h4,6-8,10,15-18,22,27-28H,2-3,5,9,11-14,19-21H2,1H3,(H,41,42). The van der Waals surface area contributed by atoms with Crippen molar-refractivity contribution in [3.63, 3.8) is 0 Å². The number of imidazole rings is 1. The minimum Gasteiger partial charge on any atom is -0.487 e. The molecule has 5 heterocycles. The predicted molar refractivity (Wildman–Crippen MR) is 168 cm³/mol. The highest BCUT2D eigenvalue weighted by molar-refractivity contribution is 5.93. The van der Waals surface area contributed by atoms with E-state index in [2.05, 4.69) is 28.2 Å². The lowest BCUT2D eigenvalue weighted by molar-refractivity contribution is -0.0586. The molecule has 2 unspecified atom stereocenters. The fourth-order valence-electron chi connectivity index (χ4n) is 6.48. The summed E-state index contributed by atoms with van der Waals surface area (Å²) >= 11 is 0. The highest BCUT2D eigenvalue weighted by atomic mass is 16.5. The van der Waals surface area contributed by atoms with Crippen LogP contribution < -0.4 is 4.74 Å². The molecule has 1 N–H and O–H groups in total. The monoisotopic (exact) mass is 610 g/mol. The number of rotatable bonds is 12. The van der Waals surface area contributed by atoms with Gasteiger partial charge in [-0.05, 0) is 67.3 Å². The van der Waals surface area contributed by atoms with Crippen LogP contribution in [-0.2, 0) is 35.7 Å². The second-order valence-electron chi connectivity index (χ2n) is 11.9. The van der Waals surface area contributed by atoms with Crippen molar-refractivity contribution in [2.75, 3.05) is 26.9 Å². The lowest BCUT2D eigenvalue weighted by atomic mass is 9.96. The summed E-state index contributed by atoms with van der Waals surface area (Å²) in [5, 5.41) is 15.5. The van der Waals surface area contributed by atoms with Gasteiger partial charge in [-0.15, -0.1) is 0 Å². The van der Waals surface area contributed by atoms with Crippen LogP contribution in [0.5, 0.6) is 5.75 Å². The number of hydrogen-bond donors (Lipinski definition) is 1. The highest BCUT2D eigenvalue weighted by Crippen LogP contribution is 2.37. The highest BCUT2D eigenvalue weighted by Gasteiger charge is 2.29. The number of ether oxygens (including phenoxy) is 3. The molecule has 0 amide bonds. The van der Waals surface area contributed by atoms with Crippen LogP contribution >= 0.6 is 0 Å². The van der Waals surface area contributed by atoms with Gasteiger partial charge in [0.15, 0.2) is 0 Å². The summed E-state index contributed by atoms with van der Waals surface area (Å²) in [7, 11) is 1.69. The molecule has 11 nitrogen and oxygen atoms in total. The van der Waals surface area contributed by atoms with Gasteiger partial charge in [0.05, 0.1) is 72.2 Å². The van der Waals surface area contributed by atoms with Crippen LogP contribution in [0.4, 0.5) is 0 Å². The third kappa shape index (κ3) is 6.15. The second kappa shape index (κ2) is 13.0. The quantitative estimate of drug-likeness (QED) is 0.203. The van der Waals surface area contributed by atoms with E-state index in [4.69, 9.17) is 24.2 Å². The molecule has 7 rings (SSSR count). The molecule has 3 aromatic heterocycles. The molecule has 2 aliphatic rings. The van der Waals surface area contributed by atoms with Crippen LogP contribution in [0.2, 0.25) is 0 Å². The maximum Gasteiger partial charge on any atom is 0.335 e. The molecule has 11 heteroatoms. The van der Waals surface area contributed by atoms with E-state index in [1.165, 1.54) is 0 Å². The predicted octanol–water partition coefficient (Wildman–Crippen LogP) is 5.22. The fourth-order valence-corrected chi connectivity index (χ4v) is 6.48. The lowest BCUT2D eigenvalue weighted by Gasteiger charge is -2.36. The topological polar surface area (TPSA) is 117 Å². The van der Waals surface area contributed by atoms with Gasteiger partial charge in [0.1, 0.15) is 12.4 Å². The third-order valence-electron chi connectivity index (χ3n) is 8.96. The van der Waals surface area contributed by atoms with Crippen LogP contribution in [0.3, 0.4) is 0 Å². The molecular formula is C34H38N6O5. The van der Waals surface area contributed by atoms with Crippen molar-refractivity contribution >= 4 is 27.9 Å². The average Bonchev–Trinajstić information content (AvgIpc) is 3.64. The molecule has 2 aromatic carbocycles. The number of benzene rings is 2. The molecule has 234 valence electrons. The first-order chi connectivity index (χ1) is 22.1. The number of carboxylic acid groups (broad SMARTS) is 1. The Labute approximate surface area is 261 Å². The van der Waals surface area contributed by atoms with Crippen molar-refractivity contribution in [2.24, 2.45) is 0 Å². The molecule has 2 fully saturated rings. The van der Waals surface area contributed by atoms with Crippen LogP contribution in [0.25, 0.3) is 21.9 Å². The van der Waals surface area contributed by atoms with Gasteiger partial charge < -0.3 is 23.9 Å². The van der Waals surface area contributed by atoms with Crippen LogP contribution in [-0.4, -0.2) is 73.3 Å². The van der Waals surface area contributed by atoms with Crippen molar-refractivity contribution in [1.29, 1.82) is 0 Å². The largest absolute Gasteiger partial charge is 0.487 e. The Hall–Kier alpha value is -4.32. The van der Waals surface area contributed by atoms with E-state index in [0.717, 1.165) is 83.3 Å². The molecule has 2 atom stereocenters. The van der Waals surface area contributed by atoms with Gasteiger partial charge in [0, 0.05) is 31.8 Å². The number of nitrogens with zero attached hydrogens (tertiary/aromatic N) is 6. The molecule has 0 bridgehead atoms. The summed E-state index contributed by atoms with van der Waals surface area (Å²) in [6, 6.07) is 13.7. The molecule has 45 heavy (non-hydrogen) atoms. The summed E-state index contributed by atoms with van der Waals surface area (Å²) in [4.78, 5) is 24.1. The van der Waals surface area contributed by atoms with Gasteiger partial charge in [-0.2, -0.15) is 5.10 Å². The maximum atomic E-state index is 12.1. The molecule has 0 radical (unpaired) electrons. The number of pyridine rings is 1. The Bertz CT molecular complexity index is 1810. The number of piperidine rings is 1. The maximum absolute atomic E-state index is 12.1. The van der Waals surface area contributed by atoms with Gasteiger partial charge in [-0.1, -0.05) is 18.6 Å². The normalized spacial score (nSPS) is 18.8. The minimum atomic E-state index is -0.943. The van der Waals surface area contributed by atoms with Crippen molar-refractivity contribution in [2.45, 2.75) is 64.1 Å². The average molecular weight is 611 g/mol. The SMILES string of the molecule is COCCn1ncc2ccc(COc3cccnc3C3CCCCN3Cc3cc(C(=O)O)cc4c3ncn4CC3CCO3)cc21. The Morgan fingerprint density at radius 2 is 2.02 bits per heavy atom. The number of carbonyl (C=O) groups is 1. The summed E-state index contributed by atoms with van der Waals surface area (Å²) < 4.78 is 21.3. The van der Waals surface area contributed by atoms with Crippen LogP contribution in [0.15, 0.2) is 61.2 Å². The summed E-state index contributed by atoms with van der Waals surface area (Å²) in [6.45, 7) is 4.57. The molecule has 5 aromatic rings. The first-order valence-corrected chi connectivity index (χ1v) is 15.6. The molecule has 0 saturated carbocycles. The summed E-state index contributed by atoms with van der Waals surface area (Å²) in [5.74, 6) is -0.182. The number of likely N-dealkylation sites (tertiary alicyclic amines) is 1. The van der Waals surface area contributed by atoms with Gasteiger partial charge in [-0.3, -0.25) is 14.6 Å². The van der Waals surface area contributed by atoms with Crippen molar-refractivity contribution in [1.82, 2.24) is 29.2 Å². The zero-order chi connectivity index (χ0) is 30.8. The second-order valence-corrected chi connectivity index (χ2v) is 11.9. The van der Waals surface area contributed by atoms with E-state index in [0.29, 0.717) is 32.8 Å². The van der Waals surface area contributed by atoms with Crippen molar-refractivity contribution in [3.8, 4) is 5.75 Å². The third-order valence-corrected chi connectivity index (χ3v) is 8.96. The first kappa shape index (κ1) is 29.4. The number of hydrogen-bond acceptors (Lipinski definition) is 8. The van der Waals surface area contributed by atoms with E-state index >= 15 is 0 Å². The van der Waals surface area contributed by atoms with Gasteiger partial charge in [-0.25, -0.2) is 9.78 Å². The number of carboxylic acids is 1. The number of aromatic carboxylic acids is 1. The van der Waals surface area contributed by atoms with E-state index in [1.54, 1.807) is 19.2 Å². The van der Waals surface area contributed by atoms with Gasteiger partial charge >= 0.3 is 5.97 Å². The molecule has 2 aliphatic heterocycles. The van der Waals surface area contributed by atoms with Crippen molar-refractivity contribution < 1.29 is 24.1 Å². The zero-order valence-electron chi connectivity index (χ0n) is 25.5. The Balaban J connectivity index is 1.14. The van der Waals surface area contributed by atoms with E-state index < -0.39 is 5.97 Å². The molecular weight excluding hydrogens is 572 g/mol. The minimum absolute atomic E-state index is 0.0295. The van der Waals surface area contributed by atoms with E-state index in [1.807, 2.05) is 40.1 Å². The van der Waals surface area contributed by atoms with Gasteiger partial charge in [0.25, 0.3) is 0 Å². The van der Waals surface area contributed by atoms with E-state index in [9.17, 15) is 9.90 Å². The summed E-state index contributed by atoms with van der Waals surface area (Å²) in [6.07, 6.45) is 9.74. The fraction of sp³-hybridized carbons (Fsp3) is 0.412. The lowest BCUT2D eigenvalue weighted by Crippen LogP contribution is -2.34. The smallest absolute Gasteiger partial charge is 0.335 e. The van der Waals surface area contributed by atoms with Gasteiger partial charge in [0.2, 0.25) is 0 Å². The van der Waals surface area contributed by atoms with Crippen LogP contribution in [0.1, 0.15) is 58.9 Å². The molecule has 0 aliphatic carbocycles. The zero-order valence-corrected chi connectivity index (χ0v) is 25.5. The first-order valence-electron chi connectivity index (χ1n) is 15.6. The summed E-state index contributed by atoms with van der Waals surface area (Å²) in [5.41, 5.74) is 5.84. The molecule has 2 saturated heterocycles. The Kier molecular flexibility index (Phi) is 8.47. The van der Waals surface area contributed by atoms with Crippen molar-refractivity contribution in [3.05, 3.63) is 83.6 Å².